The van der Waals surface area contributed by atoms with Gasteiger partial charge in [-0.25, -0.2) is 9.37 Å². The molecule has 6 heteroatoms. The minimum absolute atomic E-state index is 0.0209. The number of nitrogens with one attached hydrogen (secondary N) is 2. The summed E-state index contributed by atoms with van der Waals surface area (Å²) in [7, 11) is 0. The van der Waals surface area contributed by atoms with Crippen molar-refractivity contribution >= 4 is 5.91 Å². The van der Waals surface area contributed by atoms with E-state index in [4.69, 9.17) is 0 Å². The molecule has 1 amide bonds. The quantitative estimate of drug-likeness (QED) is 0.903. The first-order valence-electron chi connectivity index (χ1n) is 7.45. The van der Waals surface area contributed by atoms with E-state index in [9.17, 15) is 9.18 Å². The van der Waals surface area contributed by atoms with Crippen LogP contribution in [0.15, 0.2) is 30.6 Å². The van der Waals surface area contributed by atoms with E-state index >= 15 is 0 Å². The molecule has 0 bridgehead atoms. The van der Waals surface area contributed by atoms with Crippen molar-refractivity contribution in [1.82, 2.24) is 20.2 Å². The second kappa shape index (κ2) is 6.27. The zero-order valence-corrected chi connectivity index (χ0v) is 12.5. The van der Waals surface area contributed by atoms with E-state index in [-0.39, 0.29) is 17.8 Å². The number of hydrogen-bond donors (Lipinski definition) is 2. The fraction of sp³-hybridized carbons (Fsp3) is 0.375. The maximum absolute atomic E-state index is 14.2. The van der Waals surface area contributed by atoms with Gasteiger partial charge in [-0.3, -0.25) is 4.79 Å². The van der Waals surface area contributed by atoms with Crippen molar-refractivity contribution in [3.05, 3.63) is 47.8 Å². The molecule has 0 radical (unpaired) electrons. The Morgan fingerprint density at radius 3 is 3.05 bits per heavy atom. The molecule has 2 heterocycles. The van der Waals surface area contributed by atoms with Crippen LogP contribution in [0.2, 0.25) is 0 Å². The molecular weight excluding hydrogens is 283 g/mol. The molecule has 1 saturated heterocycles. The van der Waals surface area contributed by atoms with Crippen LogP contribution in [0.1, 0.15) is 24.2 Å². The summed E-state index contributed by atoms with van der Waals surface area (Å²) in [6.07, 6.45) is 5.24. The van der Waals surface area contributed by atoms with Crippen molar-refractivity contribution in [1.29, 1.82) is 0 Å². The van der Waals surface area contributed by atoms with Crippen molar-refractivity contribution in [2.24, 2.45) is 0 Å². The first-order valence-corrected chi connectivity index (χ1v) is 7.45. The third-order valence-corrected chi connectivity index (χ3v) is 3.94. The molecule has 1 atom stereocenters. The lowest BCUT2D eigenvalue weighted by molar-refractivity contribution is -0.122. The Hall–Kier alpha value is -2.21. The van der Waals surface area contributed by atoms with Crippen LogP contribution in [0.25, 0.3) is 5.69 Å². The van der Waals surface area contributed by atoms with Gasteiger partial charge in [-0.05, 0) is 44.0 Å². The highest BCUT2D eigenvalue weighted by Crippen LogP contribution is 2.17. The summed E-state index contributed by atoms with van der Waals surface area (Å²) >= 11 is 0. The molecule has 0 spiro atoms. The molecule has 5 nitrogen and oxygen atoms in total. The molecule has 1 aliphatic rings. The molecule has 2 aromatic rings. The van der Waals surface area contributed by atoms with Gasteiger partial charge in [0.2, 0.25) is 5.91 Å². The predicted octanol–water partition coefficient (Wildman–Crippen LogP) is 1.69. The molecule has 116 valence electrons. The van der Waals surface area contributed by atoms with Gasteiger partial charge in [0.15, 0.2) is 0 Å². The van der Waals surface area contributed by atoms with Gasteiger partial charge in [-0.1, -0.05) is 6.07 Å². The van der Waals surface area contributed by atoms with Gasteiger partial charge in [0, 0.05) is 18.9 Å². The first kappa shape index (κ1) is 14.7. The van der Waals surface area contributed by atoms with E-state index in [1.165, 1.54) is 6.07 Å². The number of benzene rings is 1. The fourth-order valence-corrected chi connectivity index (χ4v) is 2.71. The van der Waals surface area contributed by atoms with Crippen LogP contribution in [-0.4, -0.2) is 28.0 Å². The number of nitrogens with zero attached hydrogens (tertiary/aromatic N) is 2. The maximum Gasteiger partial charge on any atom is 0.237 e. The summed E-state index contributed by atoms with van der Waals surface area (Å²) in [5.74, 6) is 0.381. The van der Waals surface area contributed by atoms with E-state index in [1.54, 1.807) is 23.0 Å². The monoisotopic (exact) mass is 302 g/mol. The molecule has 1 aromatic heterocycles. The van der Waals surface area contributed by atoms with Crippen molar-refractivity contribution < 1.29 is 9.18 Å². The molecule has 22 heavy (non-hydrogen) atoms. The Bertz CT molecular complexity index is 677. The van der Waals surface area contributed by atoms with E-state index in [2.05, 4.69) is 15.6 Å². The number of halogens is 1. The number of carbonyl (C=O) groups excluding carboxylic acids is 1. The van der Waals surface area contributed by atoms with E-state index in [0.29, 0.717) is 12.2 Å². The van der Waals surface area contributed by atoms with Crippen molar-refractivity contribution in [3.8, 4) is 5.69 Å². The minimum atomic E-state index is -0.327. The van der Waals surface area contributed by atoms with Gasteiger partial charge in [0.05, 0.1) is 11.7 Å². The van der Waals surface area contributed by atoms with Crippen LogP contribution in [-0.2, 0) is 11.3 Å². The third-order valence-electron chi connectivity index (χ3n) is 3.94. The van der Waals surface area contributed by atoms with Gasteiger partial charge < -0.3 is 15.2 Å². The molecule has 1 fully saturated rings. The SMILES string of the molecule is Cc1nccn1-c1ccc(CNC(=O)C2CCCN2)cc1F. The number of hydrogen-bond acceptors (Lipinski definition) is 3. The topological polar surface area (TPSA) is 59.0 Å². The van der Waals surface area contributed by atoms with Crippen LogP contribution in [0.4, 0.5) is 4.39 Å². The Kier molecular flexibility index (Phi) is 4.20. The Morgan fingerprint density at radius 1 is 1.55 bits per heavy atom. The summed E-state index contributed by atoms with van der Waals surface area (Å²) in [6.45, 7) is 3.03. The highest BCUT2D eigenvalue weighted by molar-refractivity contribution is 5.81. The second-order valence-corrected chi connectivity index (χ2v) is 5.50. The van der Waals surface area contributed by atoms with Crippen LogP contribution in [0.3, 0.4) is 0 Å². The lowest BCUT2D eigenvalue weighted by Gasteiger charge is -2.12. The lowest BCUT2D eigenvalue weighted by Crippen LogP contribution is -2.40. The van der Waals surface area contributed by atoms with Gasteiger partial charge in [-0.15, -0.1) is 0 Å². The number of rotatable bonds is 4. The predicted molar refractivity (Wildman–Crippen MR) is 81.1 cm³/mol. The summed E-state index contributed by atoms with van der Waals surface area (Å²) in [4.78, 5) is 16.0. The van der Waals surface area contributed by atoms with Crippen LogP contribution >= 0.6 is 0 Å². The number of imidazole rings is 1. The smallest absolute Gasteiger partial charge is 0.237 e. The van der Waals surface area contributed by atoms with Gasteiger partial charge >= 0.3 is 0 Å². The van der Waals surface area contributed by atoms with Gasteiger partial charge in [0.25, 0.3) is 0 Å². The fourth-order valence-electron chi connectivity index (χ4n) is 2.71. The first-order chi connectivity index (χ1) is 10.6. The lowest BCUT2D eigenvalue weighted by atomic mass is 10.1. The average Bonchev–Trinajstić information content (AvgIpc) is 3.16. The second-order valence-electron chi connectivity index (χ2n) is 5.50. The van der Waals surface area contributed by atoms with Crippen LogP contribution in [0, 0.1) is 12.7 Å². The Labute approximate surface area is 128 Å². The van der Waals surface area contributed by atoms with Gasteiger partial charge in [-0.2, -0.15) is 0 Å². The summed E-state index contributed by atoms with van der Waals surface area (Å²) in [5, 5.41) is 5.99. The maximum atomic E-state index is 14.2. The molecule has 3 rings (SSSR count). The molecule has 1 aromatic carbocycles. The molecule has 0 saturated carbocycles. The van der Waals surface area contributed by atoms with E-state index < -0.39 is 0 Å². The molecule has 1 aliphatic heterocycles. The molecule has 0 aliphatic carbocycles. The van der Waals surface area contributed by atoms with Crippen molar-refractivity contribution in [2.75, 3.05) is 6.54 Å². The number of aromatic nitrogens is 2. The largest absolute Gasteiger partial charge is 0.351 e. The van der Waals surface area contributed by atoms with Crippen LogP contribution in [0.5, 0.6) is 0 Å². The Balaban J connectivity index is 1.67. The molecule has 1 unspecified atom stereocenters. The van der Waals surface area contributed by atoms with Crippen molar-refractivity contribution in [2.45, 2.75) is 32.4 Å². The number of carbonyl (C=O) groups is 1. The van der Waals surface area contributed by atoms with Crippen LogP contribution < -0.4 is 10.6 Å². The zero-order valence-electron chi connectivity index (χ0n) is 12.5. The van der Waals surface area contributed by atoms with Crippen molar-refractivity contribution in [3.63, 3.8) is 0 Å². The highest BCUT2D eigenvalue weighted by Gasteiger charge is 2.21. The molecular formula is C16H19FN4O. The average molecular weight is 302 g/mol. The molecule has 2 N–H and O–H groups in total. The van der Waals surface area contributed by atoms with E-state index in [0.717, 1.165) is 30.8 Å². The minimum Gasteiger partial charge on any atom is -0.351 e. The third kappa shape index (κ3) is 3.01. The van der Waals surface area contributed by atoms with E-state index in [1.807, 2.05) is 13.0 Å². The summed E-state index contributed by atoms with van der Waals surface area (Å²) < 4.78 is 15.9. The number of aryl methyl sites for hydroxylation is 1. The highest BCUT2D eigenvalue weighted by atomic mass is 19.1. The summed E-state index contributed by atoms with van der Waals surface area (Å²) in [6, 6.07) is 4.87. The zero-order chi connectivity index (χ0) is 15.5. The Morgan fingerprint density at radius 2 is 2.41 bits per heavy atom. The standard InChI is InChI=1S/C16H19FN4O/c1-11-18-7-8-21(11)15-5-4-12(9-13(15)17)10-20-16(22)14-3-2-6-19-14/h4-5,7-9,14,19H,2-3,6,10H2,1H3,(H,20,22). The normalized spacial score (nSPS) is 17.6. The number of amides is 1. The van der Waals surface area contributed by atoms with Gasteiger partial charge in [0.1, 0.15) is 11.6 Å². The summed E-state index contributed by atoms with van der Waals surface area (Å²) in [5.41, 5.74) is 1.20.